The second kappa shape index (κ2) is 5.64. The normalized spacial score (nSPS) is 10.4. The molecule has 0 amide bonds. The van der Waals surface area contributed by atoms with Crippen molar-refractivity contribution in [1.82, 2.24) is 0 Å². The van der Waals surface area contributed by atoms with Crippen molar-refractivity contribution >= 4 is 28.9 Å². The molecule has 94 valence electrons. The molecule has 0 bridgehead atoms. The molecular formula is C15H15Cl2N. The quantitative estimate of drug-likeness (QED) is 0.812. The molecule has 0 saturated heterocycles. The fourth-order valence-corrected chi connectivity index (χ4v) is 2.18. The third-order valence-corrected chi connectivity index (χ3v) is 3.62. The van der Waals surface area contributed by atoms with Crippen LogP contribution in [0.1, 0.15) is 16.7 Å². The highest BCUT2D eigenvalue weighted by Gasteiger charge is 2.01. The molecule has 2 rings (SSSR count). The Kier molecular flexibility index (Phi) is 4.15. The average molecular weight is 280 g/mol. The topological polar surface area (TPSA) is 12.0 Å². The van der Waals surface area contributed by atoms with Gasteiger partial charge in [-0.15, -0.1) is 0 Å². The summed E-state index contributed by atoms with van der Waals surface area (Å²) in [5.74, 6) is 0. The molecule has 3 heteroatoms. The smallest absolute Gasteiger partial charge is 0.0458 e. The zero-order chi connectivity index (χ0) is 13.1. The Bertz CT molecular complexity index is 564. The molecule has 0 saturated carbocycles. The third-order valence-electron chi connectivity index (χ3n) is 2.86. The van der Waals surface area contributed by atoms with Crippen molar-refractivity contribution in [2.45, 2.75) is 20.4 Å². The number of anilines is 1. The minimum absolute atomic E-state index is 0.693. The number of hydrogen-bond acceptors (Lipinski definition) is 1. The van der Waals surface area contributed by atoms with Gasteiger partial charge in [-0.25, -0.2) is 0 Å². The molecule has 2 aromatic rings. The zero-order valence-electron chi connectivity index (χ0n) is 10.4. The van der Waals surface area contributed by atoms with E-state index in [9.17, 15) is 0 Å². The van der Waals surface area contributed by atoms with Crippen LogP contribution in [0, 0.1) is 13.8 Å². The lowest BCUT2D eigenvalue weighted by atomic mass is 10.1. The minimum atomic E-state index is 0.693. The first-order chi connectivity index (χ1) is 8.56. The molecule has 1 N–H and O–H groups in total. The molecule has 0 aliphatic carbocycles. The zero-order valence-corrected chi connectivity index (χ0v) is 11.9. The molecule has 0 atom stereocenters. The molecule has 0 unspecified atom stereocenters. The summed E-state index contributed by atoms with van der Waals surface area (Å²) in [7, 11) is 0. The molecule has 1 nitrogen and oxygen atoms in total. The van der Waals surface area contributed by atoms with E-state index in [1.54, 1.807) is 0 Å². The van der Waals surface area contributed by atoms with Crippen LogP contribution in [0.4, 0.5) is 5.69 Å². The maximum Gasteiger partial charge on any atom is 0.0458 e. The number of rotatable bonds is 3. The largest absolute Gasteiger partial charge is 0.381 e. The molecule has 0 aliphatic heterocycles. The third kappa shape index (κ3) is 3.18. The van der Waals surface area contributed by atoms with Crippen LogP contribution in [0.5, 0.6) is 0 Å². The summed E-state index contributed by atoms with van der Waals surface area (Å²) in [6.07, 6.45) is 0. The van der Waals surface area contributed by atoms with E-state index >= 15 is 0 Å². The van der Waals surface area contributed by atoms with E-state index < -0.39 is 0 Å². The standard InChI is InChI=1S/C15H15Cl2N/c1-10-3-5-12(15(17)7-10)9-18-13-6-4-11(2)14(16)8-13/h3-8,18H,9H2,1-2H3. The van der Waals surface area contributed by atoms with Gasteiger partial charge in [0.05, 0.1) is 0 Å². The maximum atomic E-state index is 6.19. The van der Waals surface area contributed by atoms with Crippen LogP contribution in [-0.4, -0.2) is 0 Å². The van der Waals surface area contributed by atoms with Gasteiger partial charge in [0.2, 0.25) is 0 Å². The van der Waals surface area contributed by atoms with Crippen LogP contribution >= 0.6 is 23.2 Å². The van der Waals surface area contributed by atoms with Gasteiger partial charge in [0.15, 0.2) is 0 Å². The second-order valence-electron chi connectivity index (χ2n) is 4.41. The lowest BCUT2D eigenvalue weighted by molar-refractivity contribution is 1.14. The van der Waals surface area contributed by atoms with Crippen molar-refractivity contribution in [3.8, 4) is 0 Å². The highest BCUT2D eigenvalue weighted by molar-refractivity contribution is 6.31. The Morgan fingerprint density at radius 3 is 2.39 bits per heavy atom. The van der Waals surface area contributed by atoms with Crippen LogP contribution in [0.15, 0.2) is 36.4 Å². The summed E-state index contributed by atoms with van der Waals surface area (Å²) in [6.45, 7) is 4.71. The molecule has 0 radical (unpaired) electrons. The number of nitrogens with one attached hydrogen (secondary N) is 1. The predicted octanol–water partition coefficient (Wildman–Crippen LogP) is 5.22. The van der Waals surface area contributed by atoms with Crippen molar-refractivity contribution in [2.24, 2.45) is 0 Å². The van der Waals surface area contributed by atoms with Gasteiger partial charge in [0.25, 0.3) is 0 Å². The van der Waals surface area contributed by atoms with E-state index in [4.69, 9.17) is 23.2 Å². The highest BCUT2D eigenvalue weighted by atomic mass is 35.5. The molecule has 0 heterocycles. The van der Waals surface area contributed by atoms with E-state index in [0.717, 1.165) is 26.9 Å². The van der Waals surface area contributed by atoms with Crippen LogP contribution in [-0.2, 0) is 6.54 Å². The number of aryl methyl sites for hydroxylation is 2. The summed E-state index contributed by atoms with van der Waals surface area (Å²) in [6, 6.07) is 12.0. The van der Waals surface area contributed by atoms with Gasteiger partial charge in [-0.1, -0.05) is 41.4 Å². The van der Waals surface area contributed by atoms with E-state index in [1.165, 1.54) is 5.56 Å². The summed E-state index contributed by atoms with van der Waals surface area (Å²) in [4.78, 5) is 0. The van der Waals surface area contributed by atoms with Crippen molar-refractivity contribution in [3.63, 3.8) is 0 Å². The Balaban J connectivity index is 2.09. The Labute approximate surface area is 118 Å². The molecule has 0 aromatic heterocycles. The van der Waals surface area contributed by atoms with Crippen molar-refractivity contribution in [3.05, 3.63) is 63.1 Å². The Morgan fingerprint density at radius 1 is 0.944 bits per heavy atom. The molecule has 2 aromatic carbocycles. The van der Waals surface area contributed by atoms with Crippen LogP contribution in [0.25, 0.3) is 0 Å². The lowest BCUT2D eigenvalue weighted by Crippen LogP contribution is -2.00. The number of hydrogen-bond donors (Lipinski definition) is 1. The molecular weight excluding hydrogens is 265 g/mol. The van der Waals surface area contributed by atoms with Crippen molar-refractivity contribution < 1.29 is 0 Å². The van der Waals surface area contributed by atoms with Gasteiger partial charge in [-0.05, 0) is 48.7 Å². The van der Waals surface area contributed by atoms with Gasteiger partial charge in [0.1, 0.15) is 0 Å². The van der Waals surface area contributed by atoms with Crippen LogP contribution < -0.4 is 5.32 Å². The van der Waals surface area contributed by atoms with Crippen molar-refractivity contribution in [2.75, 3.05) is 5.32 Å². The fraction of sp³-hybridized carbons (Fsp3) is 0.200. The fourth-order valence-electron chi connectivity index (χ4n) is 1.70. The maximum absolute atomic E-state index is 6.19. The van der Waals surface area contributed by atoms with Gasteiger partial charge < -0.3 is 5.32 Å². The summed E-state index contributed by atoms with van der Waals surface area (Å²) >= 11 is 12.3. The summed E-state index contributed by atoms with van der Waals surface area (Å²) in [5.41, 5.74) is 4.33. The molecule has 0 fully saturated rings. The lowest BCUT2D eigenvalue weighted by Gasteiger charge is -2.10. The van der Waals surface area contributed by atoms with Gasteiger partial charge in [-0.3, -0.25) is 0 Å². The summed E-state index contributed by atoms with van der Waals surface area (Å²) < 4.78 is 0. The SMILES string of the molecule is Cc1ccc(CNc2ccc(C)c(Cl)c2)c(Cl)c1. The van der Waals surface area contributed by atoms with Crippen LogP contribution in [0.2, 0.25) is 10.0 Å². The molecule has 0 aliphatic rings. The predicted molar refractivity (Wildman–Crippen MR) is 79.7 cm³/mol. The number of benzene rings is 2. The van der Waals surface area contributed by atoms with Gasteiger partial charge in [0, 0.05) is 22.3 Å². The monoisotopic (exact) mass is 279 g/mol. The highest BCUT2D eigenvalue weighted by Crippen LogP contribution is 2.22. The number of halogens is 2. The van der Waals surface area contributed by atoms with E-state index in [-0.39, 0.29) is 0 Å². The average Bonchev–Trinajstić information content (AvgIpc) is 2.32. The Hall–Kier alpha value is -1.18. The van der Waals surface area contributed by atoms with E-state index in [2.05, 4.69) is 11.4 Å². The van der Waals surface area contributed by atoms with Crippen LogP contribution in [0.3, 0.4) is 0 Å². The first-order valence-corrected chi connectivity index (χ1v) is 6.57. The molecule has 18 heavy (non-hydrogen) atoms. The second-order valence-corrected chi connectivity index (χ2v) is 5.23. The Morgan fingerprint density at radius 2 is 1.72 bits per heavy atom. The minimum Gasteiger partial charge on any atom is -0.381 e. The van der Waals surface area contributed by atoms with E-state index in [1.807, 2.05) is 44.2 Å². The van der Waals surface area contributed by atoms with Crippen molar-refractivity contribution in [1.29, 1.82) is 0 Å². The van der Waals surface area contributed by atoms with E-state index in [0.29, 0.717) is 6.54 Å². The van der Waals surface area contributed by atoms with Gasteiger partial charge >= 0.3 is 0 Å². The molecule has 0 spiro atoms. The van der Waals surface area contributed by atoms with Gasteiger partial charge in [-0.2, -0.15) is 0 Å². The first-order valence-electron chi connectivity index (χ1n) is 5.81. The summed E-state index contributed by atoms with van der Waals surface area (Å²) in [5, 5.41) is 4.89. The first kappa shape index (κ1) is 13.3.